The predicted molar refractivity (Wildman–Crippen MR) is 118 cm³/mol. The molecule has 0 fully saturated rings. The number of nitriles is 1. The molecular formula is C25H24N2OS. The highest BCUT2D eigenvalue weighted by Crippen LogP contribution is 2.38. The quantitative estimate of drug-likeness (QED) is 0.463. The fourth-order valence-electron chi connectivity index (χ4n) is 3.84. The Bertz CT molecular complexity index is 1020. The van der Waals surface area contributed by atoms with Gasteiger partial charge >= 0.3 is 0 Å². The van der Waals surface area contributed by atoms with Crippen molar-refractivity contribution in [3.63, 3.8) is 0 Å². The van der Waals surface area contributed by atoms with Gasteiger partial charge in [-0.25, -0.2) is 4.98 Å². The molecule has 0 N–H and O–H groups in total. The second-order valence-corrected chi connectivity index (χ2v) is 8.40. The maximum Gasteiger partial charge on any atom is 0.119 e. The van der Waals surface area contributed by atoms with Gasteiger partial charge in [0.25, 0.3) is 0 Å². The molecular weight excluding hydrogens is 376 g/mol. The molecule has 0 radical (unpaired) electrons. The monoisotopic (exact) mass is 400 g/mol. The summed E-state index contributed by atoms with van der Waals surface area (Å²) in [6, 6.07) is 20.8. The van der Waals surface area contributed by atoms with Crippen LogP contribution in [-0.2, 0) is 19.4 Å². The van der Waals surface area contributed by atoms with Crippen LogP contribution in [0.15, 0.2) is 59.6 Å². The molecule has 0 atom stereocenters. The number of ether oxygens (including phenoxy) is 1. The third kappa shape index (κ3) is 4.31. The van der Waals surface area contributed by atoms with Crippen molar-refractivity contribution in [1.29, 1.82) is 5.26 Å². The molecule has 0 unspecified atom stereocenters. The van der Waals surface area contributed by atoms with Crippen LogP contribution >= 0.6 is 11.8 Å². The van der Waals surface area contributed by atoms with Gasteiger partial charge in [-0.3, -0.25) is 0 Å². The maximum atomic E-state index is 9.93. The van der Waals surface area contributed by atoms with E-state index in [9.17, 15) is 5.26 Å². The predicted octanol–water partition coefficient (Wildman–Crippen LogP) is 6.19. The fraction of sp³-hybridized carbons (Fsp3) is 0.280. The van der Waals surface area contributed by atoms with E-state index in [-0.39, 0.29) is 0 Å². The Hall–Kier alpha value is -2.77. The summed E-state index contributed by atoms with van der Waals surface area (Å²) in [7, 11) is 0. The number of nitrogens with zero attached hydrogens (tertiary/aromatic N) is 2. The van der Waals surface area contributed by atoms with E-state index in [0.717, 1.165) is 58.0 Å². The van der Waals surface area contributed by atoms with Crippen LogP contribution in [0.25, 0.3) is 11.1 Å². The SMILES string of the molecule is CCSc1nc2c(c(-c3ccc(OCc4ccccc4)cc3)c1C#N)CCCC2. The van der Waals surface area contributed by atoms with Crippen molar-refractivity contribution < 1.29 is 4.74 Å². The molecule has 3 nitrogen and oxygen atoms in total. The minimum absolute atomic E-state index is 0.547. The third-order valence-corrected chi connectivity index (χ3v) is 6.08. The number of thioether (sulfide) groups is 1. The summed E-state index contributed by atoms with van der Waals surface area (Å²) in [4.78, 5) is 4.86. The van der Waals surface area contributed by atoms with Crippen molar-refractivity contribution in [3.8, 4) is 22.9 Å². The normalized spacial score (nSPS) is 12.8. The Morgan fingerprint density at radius 1 is 1.03 bits per heavy atom. The molecule has 0 amide bonds. The Morgan fingerprint density at radius 2 is 1.79 bits per heavy atom. The zero-order valence-corrected chi connectivity index (χ0v) is 17.5. The largest absolute Gasteiger partial charge is 0.489 e. The zero-order chi connectivity index (χ0) is 20.1. The first kappa shape index (κ1) is 19.5. The van der Waals surface area contributed by atoms with E-state index >= 15 is 0 Å². The van der Waals surface area contributed by atoms with Crippen LogP contribution in [-0.4, -0.2) is 10.7 Å². The first-order chi connectivity index (χ1) is 14.3. The first-order valence-electron chi connectivity index (χ1n) is 10.2. The van der Waals surface area contributed by atoms with E-state index < -0.39 is 0 Å². The van der Waals surface area contributed by atoms with Gasteiger partial charge in [-0.1, -0.05) is 49.4 Å². The van der Waals surface area contributed by atoms with E-state index in [1.807, 2.05) is 30.3 Å². The molecule has 0 bridgehead atoms. The van der Waals surface area contributed by atoms with Crippen molar-refractivity contribution in [2.45, 2.75) is 44.2 Å². The summed E-state index contributed by atoms with van der Waals surface area (Å²) in [6.07, 6.45) is 4.33. The lowest BCUT2D eigenvalue weighted by molar-refractivity contribution is 0.306. The van der Waals surface area contributed by atoms with Gasteiger partial charge in [0, 0.05) is 11.3 Å². The summed E-state index contributed by atoms with van der Waals surface area (Å²) < 4.78 is 5.93. The van der Waals surface area contributed by atoms with E-state index in [0.29, 0.717) is 6.61 Å². The zero-order valence-electron chi connectivity index (χ0n) is 16.6. The second-order valence-electron chi connectivity index (χ2n) is 7.14. The number of pyridine rings is 1. The average Bonchev–Trinajstić information content (AvgIpc) is 2.78. The molecule has 0 saturated carbocycles. The van der Waals surface area contributed by atoms with Gasteiger partial charge in [-0.2, -0.15) is 5.26 Å². The fourth-order valence-corrected chi connectivity index (χ4v) is 4.58. The molecule has 1 aliphatic carbocycles. The molecule has 4 heteroatoms. The van der Waals surface area contributed by atoms with E-state index in [4.69, 9.17) is 9.72 Å². The molecule has 3 aromatic rings. The maximum absolute atomic E-state index is 9.93. The summed E-state index contributed by atoms with van der Waals surface area (Å²) in [6.45, 7) is 2.65. The number of hydrogen-bond donors (Lipinski definition) is 0. The van der Waals surface area contributed by atoms with Crippen LogP contribution in [0.3, 0.4) is 0 Å². The Kier molecular flexibility index (Phi) is 6.17. The summed E-state index contributed by atoms with van der Waals surface area (Å²) in [5.41, 5.74) is 6.44. The van der Waals surface area contributed by atoms with Crippen molar-refractivity contribution in [2.75, 3.05) is 5.75 Å². The van der Waals surface area contributed by atoms with Crippen molar-refractivity contribution >= 4 is 11.8 Å². The topological polar surface area (TPSA) is 45.9 Å². The van der Waals surface area contributed by atoms with Crippen LogP contribution in [0.4, 0.5) is 0 Å². The lowest BCUT2D eigenvalue weighted by Crippen LogP contribution is -2.10. The third-order valence-electron chi connectivity index (χ3n) is 5.23. The molecule has 2 aromatic carbocycles. The Labute approximate surface area is 176 Å². The minimum atomic E-state index is 0.547. The van der Waals surface area contributed by atoms with Crippen LogP contribution in [0.2, 0.25) is 0 Å². The lowest BCUT2D eigenvalue weighted by Gasteiger charge is -2.22. The average molecular weight is 401 g/mol. The van der Waals surface area contributed by atoms with Gasteiger partial charge in [0.1, 0.15) is 23.5 Å². The summed E-state index contributed by atoms with van der Waals surface area (Å²) in [5, 5.41) is 10.8. The summed E-state index contributed by atoms with van der Waals surface area (Å²) in [5.74, 6) is 1.74. The molecule has 0 aliphatic heterocycles. The van der Waals surface area contributed by atoms with Crippen LogP contribution in [0.5, 0.6) is 5.75 Å². The number of rotatable bonds is 6. The van der Waals surface area contributed by atoms with Gasteiger partial charge in [-0.05, 0) is 60.3 Å². The van der Waals surface area contributed by atoms with Crippen molar-refractivity contribution in [1.82, 2.24) is 4.98 Å². The second kappa shape index (κ2) is 9.15. The minimum Gasteiger partial charge on any atom is -0.489 e. The van der Waals surface area contributed by atoms with E-state index in [1.54, 1.807) is 11.8 Å². The number of aromatic nitrogens is 1. The Balaban J connectivity index is 1.67. The van der Waals surface area contributed by atoms with E-state index in [2.05, 4.69) is 37.3 Å². The number of benzene rings is 2. The van der Waals surface area contributed by atoms with Gasteiger partial charge in [0.15, 0.2) is 0 Å². The molecule has 29 heavy (non-hydrogen) atoms. The van der Waals surface area contributed by atoms with E-state index in [1.165, 1.54) is 17.7 Å². The molecule has 146 valence electrons. The first-order valence-corrected chi connectivity index (χ1v) is 11.1. The summed E-state index contributed by atoms with van der Waals surface area (Å²) >= 11 is 1.66. The van der Waals surface area contributed by atoms with Gasteiger partial charge in [0.05, 0.1) is 5.56 Å². The highest BCUT2D eigenvalue weighted by Gasteiger charge is 2.23. The lowest BCUT2D eigenvalue weighted by atomic mass is 9.87. The molecule has 0 spiro atoms. The van der Waals surface area contributed by atoms with Crippen LogP contribution in [0, 0.1) is 11.3 Å². The molecule has 1 aliphatic rings. The molecule has 4 rings (SSSR count). The highest BCUT2D eigenvalue weighted by atomic mass is 32.2. The van der Waals surface area contributed by atoms with Crippen molar-refractivity contribution in [3.05, 3.63) is 77.0 Å². The molecule has 0 saturated heterocycles. The smallest absolute Gasteiger partial charge is 0.119 e. The molecule has 1 heterocycles. The van der Waals surface area contributed by atoms with Crippen LogP contribution < -0.4 is 4.74 Å². The Morgan fingerprint density at radius 3 is 2.52 bits per heavy atom. The van der Waals surface area contributed by atoms with Crippen molar-refractivity contribution in [2.24, 2.45) is 0 Å². The van der Waals surface area contributed by atoms with Crippen LogP contribution in [0.1, 0.15) is 42.1 Å². The number of hydrogen-bond acceptors (Lipinski definition) is 4. The van der Waals surface area contributed by atoms with Gasteiger partial charge in [0.2, 0.25) is 0 Å². The number of fused-ring (bicyclic) bond motifs is 1. The van der Waals surface area contributed by atoms with Gasteiger partial charge in [-0.15, -0.1) is 11.8 Å². The number of aryl methyl sites for hydroxylation is 1. The highest BCUT2D eigenvalue weighted by molar-refractivity contribution is 7.99. The van der Waals surface area contributed by atoms with Gasteiger partial charge < -0.3 is 4.74 Å². The standard InChI is InChI=1S/C25H24N2OS/c1-2-29-25-22(16-26)24(21-10-6-7-11-23(21)27-25)19-12-14-20(15-13-19)28-17-18-8-4-3-5-9-18/h3-5,8-9,12-15H,2,6-7,10-11,17H2,1H3. The molecule has 1 aromatic heterocycles.